The predicted octanol–water partition coefficient (Wildman–Crippen LogP) is 4.50. The second kappa shape index (κ2) is 5.58. The lowest BCUT2D eigenvalue weighted by Gasteiger charge is -2.12. The van der Waals surface area contributed by atoms with E-state index in [1.807, 2.05) is 0 Å². The van der Waals surface area contributed by atoms with E-state index in [-0.39, 0.29) is 16.0 Å². The van der Waals surface area contributed by atoms with E-state index in [1.165, 1.54) is 12.1 Å². The van der Waals surface area contributed by atoms with Crippen LogP contribution in [0.3, 0.4) is 0 Å². The Morgan fingerprint density at radius 2 is 2.00 bits per heavy atom. The molecule has 8 heteroatoms. The molecule has 0 aliphatic heterocycles. The van der Waals surface area contributed by atoms with Crippen LogP contribution in [0.1, 0.15) is 5.56 Å². The van der Waals surface area contributed by atoms with Gasteiger partial charge in [-0.15, -0.1) is 0 Å². The number of hydrogen-bond acceptors (Lipinski definition) is 1. The number of amides is 1. The van der Waals surface area contributed by atoms with Gasteiger partial charge in [-0.1, -0.05) is 27.5 Å². The van der Waals surface area contributed by atoms with E-state index < -0.39 is 12.1 Å². The van der Waals surface area contributed by atoms with Gasteiger partial charge < -0.3 is 5.32 Å². The van der Waals surface area contributed by atoms with Gasteiger partial charge in [-0.05, 0) is 33.6 Å². The van der Waals surface area contributed by atoms with Gasteiger partial charge in [0.15, 0.2) is 0 Å². The highest BCUT2D eigenvalue weighted by molar-refractivity contribution is 9.10. The number of halogens is 6. The van der Waals surface area contributed by atoms with Crippen molar-refractivity contribution in [3.8, 4) is 0 Å². The summed E-state index contributed by atoms with van der Waals surface area (Å²) in [4.78, 5) is 10.8. The summed E-state index contributed by atoms with van der Waals surface area (Å²) in [5, 5.41) is 2.27. The minimum atomic E-state index is -4.93. The van der Waals surface area contributed by atoms with E-state index in [9.17, 15) is 18.0 Å². The first-order valence-corrected chi connectivity index (χ1v) is 6.47. The van der Waals surface area contributed by atoms with Crippen LogP contribution in [0.5, 0.6) is 0 Å². The maximum Gasteiger partial charge on any atom is 0.471 e. The summed E-state index contributed by atoms with van der Waals surface area (Å²) in [6.07, 6.45) is -4.93. The van der Waals surface area contributed by atoms with Crippen LogP contribution in [0.25, 0.3) is 0 Å². The van der Waals surface area contributed by atoms with Crippen molar-refractivity contribution in [3.05, 3.63) is 27.2 Å². The topological polar surface area (TPSA) is 29.1 Å². The smallest absolute Gasteiger partial charge is 0.318 e. The highest BCUT2D eigenvalue weighted by Crippen LogP contribution is 2.31. The molecule has 0 aliphatic carbocycles. The Hall–Kier alpha value is -0.270. The van der Waals surface area contributed by atoms with Crippen molar-refractivity contribution in [2.75, 3.05) is 5.32 Å². The van der Waals surface area contributed by atoms with E-state index in [0.717, 1.165) is 0 Å². The van der Waals surface area contributed by atoms with Gasteiger partial charge >= 0.3 is 12.1 Å². The number of anilines is 1. The highest BCUT2D eigenvalue weighted by atomic mass is 79.9. The Morgan fingerprint density at radius 1 is 1.41 bits per heavy atom. The van der Waals surface area contributed by atoms with Gasteiger partial charge in [0.05, 0.1) is 5.02 Å². The summed E-state index contributed by atoms with van der Waals surface area (Å²) >= 11 is 12.0. The third-order valence-electron chi connectivity index (χ3n) is 1.80. The third-order valence-corrected chi connectivity index (χ3v) is 3.60. The van der Waals surface area contributed by atoms with Gasteiger partial charge in [-0.2, -0.15) is 13.2 Å². The van der Waals surface area contributed by atoms with Crippen LogP contribution in [0.4, 0.5) is 18.9 Å². The molecule has 0 saturated carbocycles. The van der Waals surface area contributed by atoms with Crippen molar-refractivity contribution < 1.29 is 18.0 Å². The van der Waals surface area contributed by atoms with Crippen molar-refractivity contribution in [1.29, 1.82) is 0 Å². The average molecular weight is 395 g/mol. The average Bonchev–Trinajstić information content (AvgIpc) is 2.21. The number of hydrogen-bond donors (Lipinski definition) is 1. The molecule has 0 bridgehead atoms. The zero-order valence-electron chi connectivity index (χ0n) is 8.04. The van der Waals surface area contributed by atoms with Crippen LogP contribution in [0.15, 0.2) is 16.6 Å². The summed E-state index contributed by atoms with van der Waals surface area (Å²) in [5.41, 5.74) is 0.510. The zero-order valence-corrected chi connectivity index (χ0v) is 12.0. The lowest BCUT2D eigenvalue weighted by molar-refractivity contribution is -0.167. The van der Waals surface area contributed by atoms with Crippen molar-refractivity contribution in [2.45, 2.75) is 11.5 Å². The molecule has 1 rings (SSSR count). The Balaban J connectivity index is 3.06. The van der Waals surface area contributed by atoms with Crippen molar-refractivity contribution >= 4 is 55.1 Å². The van der Waals surface area contributed by atoms with Gasteiger partial charge in [-0.25, -0.2) is 0 Å². The molecule has 2 nitrogen and oxygen atoms in total. The molecule has 94 valence electrons. The van der Waals surface area contributed by atoms with Crippen LogP contribution >= 0.6 is 43.5 Å². The van der Waals surface area contributed by atoms with Crippen LogP contribution in [0, 0.1) is 0 Å². The molecule has 0 radical (unpaired) electrons. The SMILES string of the molecule is O=C(Nc1cc(Cl)c(Br)cc1CBr)C(F)(F)F. The maximum atomic E-state index is 12.1. The number of alkyl halides is 4. The quantitative estimate of drug-likeness (QED) is 0.734. The van der Waals surface area contributed by atoms with E-state index in [4.69, 9.17) is 11.6 Å². The molecule has 0 heterocycles. The number of benzene rings is 1. The fourth-order valence-corrected chi connectivity index (χ4v) is 2.03. The Labute approximate surface area is 117 Å². The molecule has 0 saturated heterocycles. The van der Waals surface area contributed by atoms with Crippen molar-refractivity contribution in [2.24, 2.45) is 0 Å². The van der Waals surface area contributed by atoms with Gasteiger partial charge in [0.25, 0.3) is 0 Å². The van der Waals surface area contributed by atoms with Crippen molar-refractivity contribution in [3.63, 3.8) is 0 Å². The van der Waals surface area contributed by atoms with E-state index in [1.54, 1.807) is 5.32 Å². The normalized spacial score (nSPS) is 11.4. The number of carbonyl (C=O) groups is 1. The molecule has 1 amide bonds. The first kappa shape index (κ1) is 14.8. The Kier molecular flexibility index (Phi) is 4.86. The zero-order chi connectivity index (χ0) is 13.2. The Bertz CT molecular complexity index is 451. The number of carbonyl (C=O) groups excluding carboxylic acids is 1. The fourth-order valence-electron chi connectivity index (χ4n) is 1.01. The van der Waals surface area contributed by atoms with Crippen LogP contribution < -0.4 is 5.32 Å². The van der Waals surface area contributed by atoms with Crippen LogP contribution in [0.2, 0.25) is 5.02 Å². The van der Waals surface area contributed by atoms with Gasteiger partial charge in [0.2, 0.25) is 0 Å². The summed E-state index contributed by atoms with van der Waals surface area (Å²) < 4.78 is 36.8. The Morgan fingerprint density at radius 3 is 2.47 bits per heavy atom. The first-order valence-electron chi connectivity index (χ1n) is 4.17. The molecule has 0 aromatic heterocycles. The molecule has 1 aromatic rings. The van der Waals surface area contributed by atoms with E-state index in [0.29, 0.717) is 10.0 Å². The molecular formula is C9H5Br2ClF3NO. The second-order valence-corrected chi connectivity index (χ2v) is 4.83. The largest absolute Gasteiger partial charge is 0.471 e. The molecule has 0 atom stereocenters. The molecular weight excluding hydrogens is 390 g/mol. The highest BCUT2D eigenvalue weighted by Gasteiger charge is 2.39. The van der Waals surface area contributed by atoms with Crippen molar-refractivity contribution in [1.82, 2.24) is 0 Å². The third kappa shape index (κ3) is 3.86. The summed E-state index contributed by atoms with van der Waals surface area (Å²) in [6.45, 7) is 0. The first-order chi connectivity index (χ1) is 7.75. The van der Waals surface area contributed by atoms with Gasteiger partial charge in [0, 0.05) is 15.5 Å². The van der Waals surface area contributed by atoms with Crippen LogP contribution in [-0.2, 0) is 10.1 Å². The maximum absolute atomic E-state index is 12.1. The minimum absolute atomic E-state index is 0.0254. The molecule has 0 unspecified atom stereocenters. The van der Waals surface area contributed by atoms with Gasteiger partial charge in [-0.3, -0.25) is 4.79 Å². The standard InChI is InChI=1S/C9H5Br2ClF3NO/c10-3-4-1-5(11)6(12)2-7(4)16-8(17)9(13,14)15/h1-2H,3H2,(H,16,17). The summed E-state index contributed by atoms with van der Waals surface area (Å²) in [6, 6.07) is 2.79. The molecule has 0 aliphatic rings. The van der Waals surface area contributed by atoms with E-state index >= 15 is 0 Å². The lowest BCUT2D eigenvalue weighted by Crippen LogP contribution is -2.30. The summed E-state index contributed by atoms with van der Waals surface area (Å²) in [5.74, 6) is -2.03. The minimum Gasteiger partial charge on any atom is -0.318 e. The second-order valence-electron chi connectivity index (χ2n) is 3.01. The molecule has 0 spiro atoms. The number of rotatable bonds is 2. The molecule has 0 fully saturated rings. The molecule has 1 N–H and O–H groups in total. The number of nitrogens with one attached hydrogen (secondary N) is 1. The van der Waals surface area contributed by atoms with Crippen LogP contribution in [-0.4, -0.2) is 12.1 Å². The van der Waals surface area contributed by atoms with E-state index in [2.05, 4.69) is 31.9 Å². The monoisotopic (exact) mass is 393 g/mol. The van der Waals surface area contributed by atoms with Gasteiger partial charge in [0.1, 0.15) is 0 Å². The fraction of sp³-hybridized carbons (Fsp3) is 0.222. The molecule has 1 aromatic carbocycles. The lowest BCUT2D eigenvalue weighted by atomic mass is 10.2. The molecule has 17 heavy (non-hydrogen) atoms. The predicted molar refractivity (Wildman–Crippen MR) is 66.5 cm³/mol. The summed E-state index contributed by atoms with van der Waals surface area (Å²) in [7, 11) is 0.